The van der Waals surface area contributed by atoms with Crippen molar-refractivity contribution in [3.63, 3.8) is 0 Å². The molecule has 0 spiro atoms. The summed E-state index contributed by atoms with van der Waals surface area (Å²) >= 11 is 0. The summed E-state index contributed by atoms with van der Waals surface area (Å²) < 4.78 is 73.9. The van der Waals surface area contributed by atoms with Crippen molar-refractivity contribution in [2.45, 2.75) is 12.4 Å². The average molecular weight is 260 g/mol. The van der Waals surface area contributed by atoms with Crippen molar-refractivity contribution in [2.75, 3.05) is 0 Å². The first-order valence-corrected chi connectivity index (χ1v) is 4.23. The molecule has 4 N–H and O–H groups in total. The third-order valence-corrected chi connectivity index (χ3v) is 1.94. The van der Waals surface area contributed by atoms with E-state index in [4.69, 9.17) is 10.0 Å². The standard InChI is InChI=1S/C8H5BF6O2/c10-7(11,12)4-1-5(8(13,14)15)3-6(2-4)9(16)17/h1-3,16-17H/p+2. The molecule has 0 radical (unpaired) electrons. The SMILES string of the molecule is [OH2+]B([OH2+])c1cc(C(F)(F)F)cc(C(F)(F)F)c1. The van der Waals surface area contributed by atoms with Gasteiger partial charge in [0, 0.05) is 0 Å². The Labute approximate surface area is 91.6 Å². The lowest BCUT2D eigenvalue weighted by Crippen LogP contribution is -2.32. The molecule has 0 aromatic heterocycles. The van der Waals surface area contributed by atoms with E-state index in [-0.39, 0.29) is 6.07 Å². The van der Waals surface area contributed by atoms with E-state index in [1.165, 1.54) is 0 Å². The summed E-state index contributed by atoms with van der Waals surface area (Å²) in [6.45, 7) is 0. The van der Waals surface area contributed by atoms with Crippen molar-refractivity contribution in [1.29, 1.82) is 0 Å². The number of benzene rings is 1. The van der Waals surface area contributed by atoms with Gasteiger partial charge in [0.15, 0.2) is 0 Å². The van der Waals surface area contributed by atoms with Crippen LogP contribution in [0.3, 0.4) is 0 Å². The fraction of sp³-hybridized carbons (Fsp3) is 0.250. The summed E-state index contributed by atoms with van der Waals surface area (Å²) in [4.78, 5) is 0. The summed E-state index contributed by atoms with van der Waals surface area (Å²) in [7, 11) is -1.90. The predicted molar refractivity (Wildman–Crippen MR) is 49.1 cm³/mol. The van der Waals surface area contributed by atoms with E-state index in [1.54, 1.807) is 0 Å². The quantitative estimate of drug-likeness (QED) is 0.408. The van der Waals surface area contributed by atoms with Crippen LogP contribution in [0, 0.1) is 0 Å². The second kappa shape index (κ2) is 4.23. The fourth-order valence-corrected chi connectivity index (χ4v) is 1.15. The summed E-state index contributed by atoms with van der Waals surface area (Å²) in [5.41, 5.74) is -3.66. The molecule has 94 valence electrons. The van der Waals surface area contributed by atoms with E-state index in [2.05, 4.69) is 0 Å². The van der Waals surface area contributed by atoms with Gasteiger partial charge in [-0.2, -0.15) is 26.3 Å². The lowest BCUT2D eigenvalue weighted by molar-refractivity contribution is -0.142. The molecule has 0 bridgehead atoms. The summed E-state index contributed by atoms with van der Waals surface area (Å²) in [6.07, 6.45) is -9.88. The largest absolute Gasteiger partial charge is 0.948 e. The molecule has 1 aromatic carbocycles. The Balaban J connectivity index is 3.40. The van der Waals surface area contributed by atoms with E-state index in [1.807, 2.05) is 0 Å². The first kappa shape index (κ1) is 13.8. The minimum absolute atomic E-state index is 0.0358. The minimum Gasteiger partial charge on any atom is -0.470 e. The van der Waals surface area contributed by atoms with Crippen LogP contribution in [-0.2, 0) is 12.4 Å². The smallest absolute Gasteiger partial charge is 0.470 e. The topological polar surface area (TPSA) is 45.8 Å². The molecular weight excluding hydrogens is 253 g/mol. The van der Waals surface area contributed by atoms with E-state index in [0.29, 0.717) is 12.1 Å². The van der Waals surface area contributed by atoms with Crippen LogP contribution in [0.25, 0.3) is 0 Å². The van der Waals surface area contributed by atoms with Crippen molar-refractivity contribution >= 4 is 12.6 Å². The van der Waals surface area contributed by atoms with E-state index in [0.717, 1.165) is 0 Å². The third-order valence-electron chi connectivity index (χ3n) is 1.94. The maximum atomic E-state index is 12.3. The lowest BCUT2D eigenvalue weighted by atomic mass is 9.78. The molecule has 17 heavy (non-hydrogen) atoms. The molecule has 0 fully saturated rings. The molecule has 0 amide bonds. The lowest BCUT2D eigenvalue weighted by Gasteiger charge is -2.11. The summed E-state index contributed by atoms with van der Waals surface area (Å²) in [5, 5.41) is 13.7. The van der Waals surface area contributed by atoms with Gasteiger partial charge in [-0.15, -0.1) is 0 Å². The highest BCUT2D eigenvalue weighted by Gasteiger charge is 2.42. The zero-order valence-corrected chi connectivity index (χ0v) is 8.08. The predicted octanol–water partition coefficient (Wildman–Crippen LogP) is 0.869. The van der Waals surface area contributed by atoms with Gasteiger partial charge in [-0.25, -0.2) is 0 Å². The Morgan fingerprint density at radius 3 is 1.35 bits per heavy atom. The Kier molecular flexibility index (Phi) is 3.44. The molecule has 0 unspecified atom stereocenters. The number of alkyl halides is 6. The summed E-state index contributed by atoms with van der Waals surface area (Å²) in [6, 6.07) is 0.714. The number of halogens is 6. The highest BCUT2D eigenvalue weighted by molar-refractivity contribution is 6.58. The second-order valence-electron chi connectivity index (χ2n) is 3.27. The van der Waals surface area contributed by atoms with Crippen LogP contribution in [0.2, 0.25) is 0 Å². The molecule has 1 aromatic rings. The van der Waals surface area contributed by atoms with Gasteiger partial charge in [-0.3, -0.25) is 0 Å². The maximum Gasteiger partial charge on any atom is 0.948 e. The number of hydrogen-bond acceptors (Lipinski definition) is 0. The maximum absolute atomic E-state index is 12.3. The molecule has 0 aliphatic heterocycles. The molecule has 0 saturated carbocycles. The fourth-order valence-electron chi connectivity index (χ4n) is 1.15. The van der Waals surface area contributed by atoms with Gasteiger partial charge in [0.2, 0.25) is 0 Å². The van der Waals surface area contributed by atoms with E-state index >= 15 is 0 Å². The molecule has 0 aliphatic carbocycles. The van der Waals surface area contributed by atoms with Gasteiger partial charge in [0.1, 0.15) is 5.46 Å². The van der Waals surface area contributed by atoms with Gasteiger partial charge in [0.25, 0.3) is 0 Å². The first-order chi connectivity index (χ1) is 7.51. The van der Waals surface area contributed by atoms with E-state index < -0.39 is 36.1 Å². The highest BCUT2D eigenvalue weighted by Crippen LogP contribution is 2.34. The van der Waals surface area contributed by atoms with Crippen LogP contribution in [-0.4, -0.2) is 17.2 Å². The Morgan fingerprint density at radius 2 is 1.12 bits per heavy atom. The highest BCUT2D eigenvalue weighted by atomic mass is 19.4. The van der Waals surface area contributed by atoms with Crippen molar-refractivity contribution in [3.8, 4) is 0 Å². The van der Waals surface area contributed by atoms with Gasteiger partial charge in [-0.1, -0.05) is 0 Å². The van der Waals surface area contributed by atoms with Gasteiger partial charge >= 0.3 is 19.5 Å². The molecule has 1 rings (SSSR count). The second-order valence-corrected chi connectivity index (χ2v) is 3.27. The zero-order chi connectivity index (χ0) is 13.4. The number of hydrogen-bond donors (Lipinski definition) is 0. The van der Waals surface area contributed by atoms with E-state index in [9.17, 15) is 26.3 Å². The van der Waals surface area contributed by atoms with Gasteiger partial charge < -0.3 is 10.0 Å². The molecule has 0 aliphatic rings. The minimum atomic E-state index is -4.94. The first-order valence-electron chi connectivity index (χ1n) is 4.23. The number of rotatable bonds is 1. The van der Waals surface area contributed by atoms with Crippen LogP contribution in [0.5, 0.6) is 0 Å². The van der Waals surface area contributed by atoms with Crippen LogP contribution in [0.1, 0.15) is 11.1 Å². The average Bonchev–Trinajstić information content (AvgIpc) is 2.14. The Hall–Kier alpha value is -1.22. The van der Waals surface area contributed by atoms with Crippen LogP contribution < -0.4 is 5.46 Å². The van der Waals surface area contributed by atoms with Crippen molar-refractivity contribution in [3.05, 3.63) is 29.3 Å². The van der Waals surface area contributed by atoms with Crippen LogP contribution >= 0.6 is 0 Å². The Bertz CT molecular complexity index is 379. The normalized spacial score (nSPS) is 12.7. The molecule has 0 saturated heterocycles. The zero-order valence-electron chi connectivity index (χ0n) is 8.08. The molecule has 2 nitrogen and oxygen atoms in total. The van der Waals surface area contributed by atoms with Crippen molar-refractivity contribution in [2.24, 2.45) is 0 Å². The van der Waals surface area contributed by atoms with Gasteiger partial charge in [0.05, 0.1) is 11.1 Å². The molecule has 9 heteroatoms. The Morgan fingerprint density at radius 1 is 0.765 bits per heavy atom. The van der Waals surface area contributed by atoms with Gasteiger partial charge in [-0.05, 0) is 18.2 Å². The third kappa shape index (κ3) is 3.37. The molecule has 0 heterocycles. The van der Waals surface area contributed by atoms with Crippen LogP contribution in [0.4, 0.5) is 26.3 Å². The van der Waals surface area contributed by atoms with Crippen LogP contribution in [0.15, 0.2) is 18.2 Å². The van der Waals surface area contributed by atoms with Crippen molar-refractivity contribution in [1.82, 2.24) is 0 Å². The van der Waals surface area contributed by atoms with Crippen molar-refractivity contribution < 1.29 is 36.4 Å². The summed E-state index contributed by atoms with van der Waals surface area (Å²) in [5.74, 6) is 0. The molecular formula is C8H7BF6O2+2. The monoisotopic (exact) mass is 260 g/mol. The molecule has 0 atom stereocenters.